The molecule has 1 atom stereocenters. The molecule has 1 aromatic rings. The summed E-state index contributed by atoms with van der Waals surface area (Å²) >= 11 is 0. The van der Waals surface area contributed by atoms with E-state index in [9.17, 15) is 8.42 Å². The van der Waals surface area contributed by atoms with Gasteiger partial charge in [-0.05, 0) is 37.8 Å². The first kappa shape index (κ1) is 15.2. The van der Waals surface area contributed by atoms with E-state index in [0.717, 1.165) is 0 Å². The molecule has 0 spiro atoms. The summed E-state index contributed by atoms with van der Waals surface area (Å²) in [6, 6.07) is 3.25. The van der Waals surface area contributed by atoms with Crippen LogP contribution in [0.15, 0.2) is 23.2 Å². The molecule has 1 fully saturated rings. The van der Waals surface area contributed by atoms with E-state index in [2.05, 4.69) is 17.2 Å². The topological polar surface area (TPSA) is 88.3 Å². The number of hydrogen-bond donors (Lipinski definition) is 2. The predicted molar refractivity (Wildman–Crippen MR) is 78.9 cm³/mol. The first-order valence-corrected chi connectivity index (χ1v) is 8.10. The second kappa shape index (κ2) is 5.31. The Morgan fingerprint density at radius 3 is 2.50 bits per heavy atom. The minimum absolute atomic E-state index is 0.172. The molecule has 6 nitrogen and oxygen atoms in total. The lowest BCUT2D eigenvalue weighted by atomic mass is 9.96. The Labute approximate surface area is 120 Å². The van der Waals surface area contributed by atoms with Gasteiger partial charge in [-0.2, -0.15) is 0 Å². The van der Waals surface area contributed by atoms with Crippen LogP contribution in [0.1, 0.15) is 19.8 Å². The van der Waals surface area contributed by atoms with Gasteiger partial charge in [-0.1, -0.05) is 0 Å². The van der Waals surface area contributed by atoms with Crippen LogP contribution in [0.25, 0.3) is 0 Å². The Balaban J connectivity index is 2.17. The predicted octanol–water partition coefficient (Wildman–Crippen LogP) is 0.871. The SMILES string of the molecule is CN(C)S(=O)(=O)c1ccc(NC(C)(CN)C2CC2)nc1. The molecule has 3 N–H and O–H groups in total. The van der Waals surface area contributed by atoms with Crippen molar-refractivity contribution in [3.63, 3.8) is 0 Å². The average Bonchev–Trinajstić information content (AvgIpc) is 3.23. The largest absolute Gasteiger partial charge is 0.363 e. The first-order chi connectivity index (χ1) is 9.29. The van der Waals surface area contributed by atoms with Crippen molar-refractivity contribution < 1.29 is 8.42 Å². The summed E-state index contributed by atoms with van der Waals surface area (Å²) in [4.78, 5) is 4.39. The van der Waals surface area contributed by atoms with Gasteiger partial charge in [-0.15, -0.1) is 0 Å². The molecular weight excluding hydrogens is 276 g/mol. The molecule has 112 valence electrons. The van der Waals surface area contributed by atoms with Crippen LogP contribution in [0.3, 0.4) is 0 Å². The molecule has 1 aromatic heterocycles. The third-order valence-electron chi connectivity index (χ3n) is 3.83. The van der Waals surface area contributed by atoms with Crippen molar-refractivity contribution in [2.24, 2.45) is 11.7 Å². The zero-order valence-corrected chi connectivity index (χ0v) is 12.9. The Bertz CT molecular complexity index is 567. The second-order valence-corrected chi connectivity index (χ2v) is 7.84. The van der Waals surface area contributed by atoms with Crippen LogP contribution in [0, 0.1) is 5.92 Å². The molecule has 0 amide bonds. The molecule has 7 heteroatoms. The molecule has 0 radical (unpaired) electrons. The van der Waals surface area contributed by atoms with Gasteiger partial charge < -0.3 is 11.1 Å². The summed E-state index contributed by atoms with van der Waals surface area (Å²) in [5, 5.41) is 3.33. The van der Waals surface area contributed by atoms with Crippen molar-refractivity contribution in [1.29, 1.82) is 0 Å². The second-order valence-electron chi connectivity index (χ2n) is 5.69. The van der Waals surface area contributed by atoms with E-state index < -0.39 is 10.0 Å². The highest BCUT2D eigenvalue weighted by Crippen LogP contribution is 2.40. The Morgan fingerprint density at radius 1 is 1.45 bits per heavy atom. The van der Waals surface area contributed by atoms with Gasteiger partial charge in [-0.3, -0.25) is 0 Å². The molecule has 1 unspecified atom stereocenters. The van der Waals surface area contributed by atoms with Gasteiger partial charge in [0.05, 0.1) is 5.54 Å². The molecule has 0 bridgehead atoms. The van der Waals surface area contributed by atoms with Crippen LogP contribution >= 0.6 is 0 Å². The van der Waals surface area contributed by atoms with E-state index in [1.165, 1.54) is 37.4 Å². The molecule has 1 heterocycles. The highest BCUT2D eigenvalue weighted by molar-refractivity contribution is 7.89. The van der Waals surface area contributed by atoms with Gasteiger partial charge in [0.15, 0.2) is 0 Å². The smallest absolute Gasteiger partial charge is 0.244 e. The van der Waals surface area contributed by atoms with E-state index in [1.807, 2.05) is 0 Å². The third-order valence-corrected chi connectivity index (χ3v) is 5.63. The lowest BCUT2D eigenvalue weighted by Crippen LogP contribution is -2.44. The fraction of sp³-hybridized carbons (Fsp3) is 0.615. The van der Waals surface area contributed by atoms with Crippen molar-refractivity contribution >= 4 is 15.8 Å². The van der Waals surface area contributed by atoms with Crippen molar-refractivity contribution in [2.75, 3.05) is 26.0 Å². The maximum atomic E-state index is 11.9. The van der Waals surface area contributed by atoms with Crippen LogP contribution in [0.2, 0.25) is 0 Å². The van der Waals surface area contributed by atoms with Crippen molar-refractivity contribution in [1.82, 2.24) is 9.29 Å². The maximum Gasteiger partial charge on any atom is 0.244 e. The number of sulfonamides is 1. The van der Waals surface area contributed by atoms with E-state index in [-0.39, 0.29) is 10.4 Å². The summed E-state index contributed by atoms with van der Waals surface area (Å²) in [6.07, 6.45) is 3.73. The number of nitrogens with one attached hydrogen (secondary N) is 1. The van der Waals surface area contributed by atoms with Crippen LogP contribution in [-0.4, -0.2) is 43.9 Å². The minimum Gasteiger partial charge on any atom is -0.363 e. The number of anilines is 1. The van der Waals surface area contributed by atoms with Crippen molar-refractivity contribution in [3.05, 3.63) is 18.3 Å². The molecule has 0 aliphatic heterocycles. The van der Waals surface area contributed by atoms with Crippen LogP contribution in [0.4, 0.5) is 5.82 Å². The van der Waals surface area contributed by atoms with Crippen LogP contribution < -0.4 is 11.1 Å². The number of aromatic nitrogens is 1. The fourth-order valence-electron chi connectivity index (χ4n) is 2.15. The van der Waals surface area contributed by atoms with Crippen molar-refractivity contribution in [2.45, 2.75) is 30.2 Å². The summed E-state index contributed by atoms with van der Waals surface area (Å²) < 4.78 is 25.1. The molecule has 0 aromatic carbocycles. The van der Waals surface area contributed by atoms with E-state index in [1.54, 1.807) is 12.1 Å². The summed E-state index contributed by atoms with van der Waals surface area (Å²) in [5.41, 5.74) is 5.67. The number of hydrogen-bond acceptors (Lipinski definition) is 5. The zero-order valence-electron chi connectivity index (χ0n) is 12.1. The molecule has 2 rings (SSSR count). The normalized spacial score (nSPS) is 18.9. The highest BCUT2D eigenvalue weighted by Gasteiger charge is 2.40. The highest BCUT2D eigenvalue weighted by atomic mass is 32.2. The monoisotopic (exact) mass is 298 g/mol. The molecule has 1 saturated carbocycles. The van der Waals surface area contributed by atoms with E-state index >= 15 is 0 Å². The molecule has 1 aliphatic rings. The standard InChI is InChI=1S/C13H22N4O2S/c1-13(9-14,10-4-5-10)16-12-7-6-11(8-15-12)20(18,19)17(2)3/h6-8,10H,4-5,9,14H2,1-3H3,(H,15,16). The average molecular weight is 298 g/mol. The van der Waals surface area contributed by atoms with Gasteiger partial charge in [-0.25, -0.2) is 17.7 Å². The Hall–Kier alpha value is -1.18. The van der Waals surface area contributed by atoms with Crippen LogP contribution in [0.5, 0.6) is 0 Å². The number of rotatable bonds is 6. The Kier molecular flexibility index (Phi) is 4.04. The minimum atomic E-state index is -3.43. The molecule has 20 heavy (non-hydrogen) atoms. The van der Waals surface area contributed by atoms with E-state index in [0.29, 0.717) is 18.3 Å². The quantitative estimate of drug-likeness (QED) is 0.813. The number of nitrogens with two attached hydrogens (primary N) is 1. The van der Waals surface area contributed by atoms with Gasteiger partial charge in [0, 0.05) is 26.8 Å². The van der Waals surface area contributed by atoms with E-state index in [4.69, 9.17) is 5.73 Å². The third kappa shape index (κ3) is 2.94. The summed E-state index contributed by atoms with van der Waals surface area (Å²) in [6.45, 7) is 2.61. The van der Waals surface area contributed by atoms with Gasteiger partial charge in [0.2, 0.25) is 10.0 Å². The van der Waals surface area contributed by atoms with Crippen LogP contribution in [-0.2, 0) is 10.0 Å². The van der Waals surface area contributed by atoms with Crippen molar-refractivity contribution in [3.8, 4) is 0 Å². The van der Waals surface area contributed by atoms with Gasteiger partial charge in [0.1, 0.15) is 10.7 Å². The van der Waals surface area contributed by atoms with Gasteiger partial charge >= 0.3 is 0 Å². The number of pyridine rings is 1. The number of nitrogens with zero attached hydrogens (tertiary/aromatic N) is 2. The Morgan fingerprint density at radius 2 is 2.10 bits per heavy atom. The first-order valence-electron chi connectivity index (χ1n) is 6.66. The summed E-state index contributed by atoms with van der Waals surface area (Å²) in [7, 11) is -0.428. The van der Waals surface area contributed by atoms with Gasteiger partial charge in [0.25, 0.3) is 0 Å². The lowest BCUT2D eigenvalue weighted by Gasteiger charge is -2.30. The fourth-order valence-corrected chi connectivity index (χ4v) is 3.00. The lowest BCUT2D eigenvalue weighted by molar-refractivity contribution is 0.458. The molecular formula is C13H22N4O2S. The molecule has 0 saturated heterocycles. The summed E-state index contributed by atoms with van der Waals surface area (Å²) in [5.74, 6) is 1.22. The maximum absolute atomic E-state index is 11.9. The molecule has 1 aliphatic carbocycles. The zero-order chi connectivity index (χ0) is 15.0.